The minimum Gasteiger partial charge on any atom is -0.385 e. The molecule has 0 fully saturated rings. The topological polar surface area (TPSA) is 45.1 Å². The van der Waals surface area contributed by atoms with Gasteiger partial charge in [0.2, 0.25) is 0 Å². The van der Waals surface area contributed by atoms with Gasteiger partial charge >= 0.3 is 0 Å². The van der Waals surface area contributed by atoms with Crippen LogP contribution < -0.4 is 5.32 Å². The van der Waals surface area contributed by atoms with Gasteiger partial charge in [-0.15, -0.1) is 0 Å². The van der Waals surface area contributed by atoms with Crippen LogP contribution in [0.3, 0.4) is 0 Å². The molecule has 0 aliphatic heterocycles. The lowest BCUT2D eigenvalue weighted by molar-refractivity contribution is 0.0494. The average Bonchev–Trinajstić information content (AvgIpc) is 2.43. The lowest BCUT2D eigenvalue weighted by atomic mass is 9.89. The number of hydrogen-bond donors (Lipinski definition) is 2. The molecule has 0 spiro atoms. The van der Waals surface area contributed by atoms with Crippen molar-refractivity contribution < 1.29 is 5.11 Å². The summed E-state index contributed by atoms with van der Waals surface area (Å²) in [6.45, 7) is 8.05. The zero-order valence-corrected chi connectivity index (χ0v) is 12.6. The van der Waals surface area contributed by atoms with Crippen molar-refractivity contribution in [2.45, 2.75) is 32.8 Å². The zero-order valence-electron chi connectivity index (χ0n) is 12.6. The van der Waals surface area contributed by atoms with Gasteiger partial charge in [0.05, 0.1) is 5.60 Å². The first-order valence-corrected chi connectivity index (χ1v) is 7.27. The summed E-state index contributed by atoms with van der Waals surface area (Å²) in [5, 5.41) is 16.3. The van der Waals surface area contributed by atoms with E-state index in [4.69, 9.17) is 0 Å². The van der Waals surface area contributed by atoms with Crippen LogP contribution >= 0.6 is 0 Å². The Hall–Kier alpha value is -1.45. The number of rotatable bonds is 6. The van der Waals surface area contributed by atoms with Crippen molar-refractivity contribution in [2.75, 3.05) is 13.1 Å². The number of fused-ring (bicyclic) bond motifs is 1. The highest BCUT2D eigenvalue weighted by Crippen LogP contribution is 2.30. The van der Waals surface area contributed by atoms with Gasteiger partial charge in [0.25, 0.3) is 0 Å². The van der Waals surface area contributed by atoms with Gasteiger partial charge in [0.15, 0.2) is 0 Å². The third-order valence-corrected chi connectivity index (χ3v) is 3.60. The Balaban J connectivity index is 2.15. The Morgan fingerprint density at radius 3 is 2.85 bits per heavy atom. The summed E-state index contributed by atoms with van der Waals surface area (Å²) in [5.74, 6) is 0.628. The normalized spacial score (nSPS) is 14.7. The molecule has 1 unspecified atom stereocenters. The molecule has 2 N–H and O–H groups in total. The van der Waals surface area contributed by atoms with Gasteiger partial charge in [-0.3, -0.25) is 4.98 Å². The van der Waals surface area contributed by atoms with Crippen molar-refractivity contribution in [3.63, 3.8) is 0 Å². The second-order valence-corrected chi connectivity index (χ2v) is 6.02. The third kappa shape index (κ3) is 3.56. The van der Waals surface area contributed by atoms with E-state index in [2.05, 4.69) is 24.1 Å². The maximum Gasteiger partial charge on any atom is 0.0886 e. The Morgan fingerprint density at radius 1 is 1.30 bits per heavy atom. The first kappa shape index (κ1) is 14.9. The van der Waals surface area contributed by atoms with Gasteiger partial charge < -0.3 is 10.4 Å². The minimum absolute atomic E-state index is 0.628. The lowest BCUT2D eigenvalue weighted by Gasteiger charge is -2.26. The molecule has 0 aliphatic rings. The third-order valence-electron chi connectivity index (χ3n) is 3.60. The molecule has 0 amide bonds. The highest BCUT2D eigenvalue weighted by molar-refractivity contribution is 5.85. The van der Waals surface area contributed by atoms with Crippen LogP contribution in [0.1, 0.15) is 32.8 Å². The summed E-state index contributed by atoms with van der Waals surface area (Å²) in [6.07, 6.45) is 4.31. The molecule has 1 heterocycles. The molecule has 0 saturated carbocycles. The predicted octanol–water partition coefficient (Wildman–Crippen LogP) is 3.08. The molecule has 0 radical (unpaired) electrons. The maximum atomic E-state index is 10.8. The lowest BCUT2D eigenvalue weighted by Crippen LogP contribution is -2.29. The van der Waals surface area contributed by atoms with Crippen LogP contribution in [-0.2, 0) is 5.60 Å². The Bertz CT molecular complexity index is 558. The fourth-order valence-electron chi connectivity index (χ4n) is 2.45. The van der Waals surface area contributed by atoms with Gasteiger partial charge in [0.1, 0.15) is 0 Å². The van der Waals surface area contributed by atoms with Crippen molar-refractivity contribution in [2.24, 2.45) is 5.92 Å². The predicted molar refractivity (Wildman–Crippen MR) is 83.6 cm³/mol. The fraction of sp³-hybridized carbons (Fsp3) is 0.471. The summed E-state index contributed by atoms with van der Waals surface area (Å²) in [6, 6.07) is 7.99. The Morgan fingerprint density at radius 2 is 2.10 bits per heavy atom. The standard InChI is InChI=1S/C17H24N2O/c1-13(2)11-19-10-8-17(3,20)16-6-4-5-14-12-18-9-7-15(14)16/h4-7,9,12-13,19-20H,8,10-11H2,1-3H3. The van der Waals surface area contributed by atoms with Crippen LogP contribution in [0.25, 0.3) is 10.8 Å². The smallest absolute Gasteiger partial charge is 0.0886 e. The van der Waals surface area contributed by atoms with E-state index < -0.39 is 5.60 Å². The molecular formula is C17H24N2O. The van der Waals surface area contributed by atoms with Gasteiger partial charge in [-0.2, -0.15) is 0 Å². The van der Waals surface area contributed by atoms with E-state index in [1.54, 1.807) is 6.20 Å². The molecule has 3 nitrogen and oxygen atoms in total. The van der Waals surface area contributed by atoms with E-state index >= 15 is 0 Å². The summed E-state index contributed by atoms with van der Waals surface area (Å²) in [4.78, 5) is 4.14. The molecule has 3 heteroatoms. The molecule has 0 aliphatic carbocycles. The maximum absolute atomic E-state index is 10.8. The number of hydrogen-bond acceptors (Lipinski definition) is 3. The number of nitrogens with zero attached hydrogens (tertiary/aromatic N) is 1. The van der Waals surface area contributed by atoms with Gasteiger partial charge in [0, 0.05) is 17.8 Å². The van der Waals surface area contributed by atoms with Crippen molar-refractivity contribution in [1.82, 2.24) is 10.3 Å². The van der Waals surface area contributed by atoms with E-state index in [-0.39, 0.29) is 0 Å². The second-order valence-electron chi connectivity index (χ2n) is 6.02. The fourth-order valence-corrected chi connectivity index (χ4v) is 2.45. The summed E-state index contributed by atoms with van der Waals surface area (Å²) in [7, 11) is 0. The molecule has 108 valence electrons. The zero-order chi connectivity index (χ0) is 14.6. The van der Waals surface area contributed by atoms with Crippen LogP contribution in [0.5, 0.6) is 0 Å². The molecule has 2 rings (SSSR count). The number of benzene rings is 1. The summed E-state index contributed by atoms with van der Waals surface area (Å²) >= 11 is 0. The molecular weight excluding hydrogens is 248 g/mol. The number of aliphatic hydroxyl groups is 1. The first-order chi connectivity index (χ1) is 9.50. The van der Waals surface area contributed by atoms with Crippen LogP contribution in [0.15, 0.2) is 36.7 Å². The van der Waals surface area contributed by atoms with Gasteiger partial charge in [-0.05, 0) is 49.4 Å². The summed E-state index contributed by atoms with van der Waals surface area (Å²) < 4.78 is 0. The van der Waals surface area contributed by atoms with Crippen molar-refractivity contribution in [3.05, 3.63) is 42.2 Å². The average molecular weight is 272 g/mol. The van der Waals surface area contributed by atoms with Crippen molar-refractivity contribution >= 4 is 10.8 Å². The SMILES string of the molecule is CC(C)CNCCC(C)(O)c1cccc2cnccc12. The van der Waals surface area contributed by atoms with Crippen molar-refractivity contribution in [1.29, 1.82) is 0 Å². The molecule has 2 aromatic rings. The van der Waals surface area contributed by atoms with E-state index in [1.807, 2.05) is 37.4 Å². The molecule has 20 heavy (non-hydrogen) atoms. The molecule has 1 aromatic heterocycles. The van der Waals surface area contributed by atoms with E-state index in [0.29, 0.717) is 12.3 Å². The second kappa shape index (κ2) is 6.33. The highest BCUT2D eigenvalue weighted by atomic mass is 16.3. The van der Waals surface area contributed by atoms with Crippen molar-refractivity contribution in [3.8, 4) is 0 Å². The number of nitrogens with one attached hydrogen (secondary N) is 1. The monoisotopic (exact) mass is 272 g/mol. The largest absolute Gasteiger partial charge is 0.385 e. The Kier molecular flexibility index (Phi) is 4.73. The van der Waals surface area contributed by atoms with Crippen LogP contribution in [0, 0.1) is 5.92 Å². The summed E-state index contributed by atoms with van der Waals surface area (Å²) in [5.41, 5.74) is 0.147. The van der Waals surface area contributed by atoms with Crippen LogP contribution in [0.4, 0.5) is 0 Å². The number of pyridine rings is 1. The molecule has 0 bridgehead atoms. The van der Waals surface area contributed by atoms with Gasteiger partial charge in [-0.25, -0.2) is 0 Å². The molecule has 1 aromatic carbocycles. The Labute approximate surface area is 121 Å². The minimum atomic E-state index is -0.829. The number of aromatic nitrogens is 1. The van der Waals surface area contributed by atoms with Crippen LogP contribution in [-0.4, -0.2) is 23.2 Å². The van der Waals surface area contributed by atoms with E-state index in [0.717, 1.165) is 29.4 Å². The van der Waals surface area contributed by atoms with Gasteiger partial charge in [-0.1, -0.05) is 32.0 Å². The van der Waals surface area contributed by atoms with E-state index in [9.17, 15) is 5.11 Å². The highest BCUT2D eigenvalue weighted by Gasteiger charge is 2.24. The first-order valence-electron chi connectivity index (χ1n) is 7.27. The van der Waals surface area contributed by atoms with Crippen LogP contribution in [0.2, 0.25) is 0 Å². The molecule has 1 atom stereocenters. The quantitative estimate of drug-likeness (QED) is 0.794. The van der Waals surface area contributed by atoms with E-state index in [1.165, 1.54) is 0 Å². The molecule has 0 saturated heterocycles.